The van der Waals surface area contributed by atoms with Crippen molar-refractivity contribution in [1.82, 2.24) is 14.9 Å². The second-order valence-corrected chi connectivity index (χ2v) is 3.97. The molecule has 98 valence electrons. The van der Waals surface area contributed by atoms with Gasteiger partial charge < -0.3 is 4.74 Å². The largest absolute Gasteiger partial charge is 0.377 e. The predicted molar refractivity (Wildman–Crippen MR) is 72.6 cm³/mol. The lowest BCUT2D eigenvalue weighted by molar-refractivity contribution is 0.174. The van der Waals surface area contributed by atoms with Crippen molar-refractivity contribution < 1.29 is 4.74 Å². The van der Waals surface area contributed by atoms with Crippen LogP contribution in [-0.4, -0.2) is 27.7 Å². The van der Waals surface area contributed by atoms with E-state index in [4.69, 9.17) is 4.74 Å². The maximum Gasteiger partial charge on any atom is 0.180 e. The van der Waals surface area contributed by atoms with Crippen molar-refractivity contribution in [2.45, 2.75) is 34.3 Å². The van der Waals surface area contributed by atoms with Crippen LogP contribution in [0.4, 0.5) is 0 Å². The topological polar surface area (TPSA) is 52.3 Å². The van der Waals surface area contributed by atoms with E-state index in [-0.39, 0.29) is 0 Å². The summed E-state index contributed by atoms with van der Waals surface area (Å²) in [5.41, 5.74) is 2.03. The third-order valence-corrected chi connectivity index (χ3v) is 2.49. The fraction of sp³-hybridized carbons (Fsp3) is 0.462. The van der Waals surface area contributed by atoms with Crippen LogP contribution in [0.15, 0.2) is 28.9 Å². The Labute approximate surface area is 108 Å². The molecule has 0 spiro atoms. The number of allylic oxidation sites excluding steroid dienone is 4. The first-order chi connectivity index (χ1) is 8.60. The second-order valence-electron chi connectivity index (χ2n) is 3.97. The van der Waals surface area contributed by atoms with Crippen LogP contribution in [0.3, 0.4) is 0 Å². The molecular formula is C13H20N4O. The molecule has 0 aliphatic rings. The van der Waals surface area contributed by atoms with Gasteiger partial charge in [-0.15, -0.1) is 10.2 Å². The molecule has 1 rings (SSSR count). The quantitative estimate of drug-likeness (QED) is 0.594. The minimum atomic E-state index is 0.398. The van der Waals surface area contributed by atoms with Gasteiger partial charge in [0.05, 0.1) is 5.71 Å². The van der Waals surface area contributed by atoms with Gasteiger partial charge >= 0.3 is 0 Å². The van der Waals surface area contributed by atoms with E-state index in [1.807, 2.05) is 45.9 Å². The number of aryl methyl sites for hydroxylation is 1. The minimum absolute atomic E-state index is 0.398. The van der Waals surface area contributed by atoms with Crippen LogP contribution in [-0.2, 0) is 11.3 Å². The number of ether oxygens (including phenoxy) is 1. The molecule has 0 aliphatic carbocycles. The van der Waals surface area contributed by atoms with Gasteiger partial charge in [-0.3, -0.25) is 0 Å². The molecule has 1 aromatic heterocycles. The number of methoxy groups -OCH3 is 1. The molecule has 0 atom stereocenters. The van der Waals surface area contributed by atoms with Gasteiger partial charge in [0.1, 0.15) is 6.61 Å². The average molecular weight is 248 g/mol. The fourth-order valence-electron chi connectivity index (χ4n) is 1.34. The Bertz CT molecular complexity index is 483. The zero-order valence-electron chi connectivity index (χ0n) is 11.6. The standard InChI is InChI=1S/C13H20N4O/c1-6-7-8-10(2)11(3)16-17-12(4)14-15-13(17)9-18-5/h6-8H,9H2,1-5H3. The summed E-state index contributed by atoms with van der Waals surface area (Å²) in [7, 11) is 1.63. The van der Waals surface area contributed by atoms with Gasteiger partial charge in [-0.1, -0.05) is 18.2 Å². The first kappa shape index (κ1) is 14.3. The highest BCUT2D eigenvalue weighted by atomic mass is 16.5. The van der Waals surface area contributed by atoms with Crippen molar-refractivity contribution in [2.75, 3.05) is 7.11 Å². The molecular weight excluding hydrogens is 228 g/mol. The van der Waals surface area contributed by atoms with E-state index in [2.05, 4.69) is 15.3 Å². The predicted octanol–water partition coefficient (Wildman–Crippen LogP) is 2.48. The first-order valence-electron chi connectivity index (χ1n) is 5.85. The van der Waals surface area contributed by atoms with E-state index < -0.39 is 0 Å². The lowest BCUT2D eigenvalue weighted by atomic mass is 10.2. The first-order valence-corrected chi connectivity index (χ1v) is 5.85. The molecule has 0 saturated heterocycles. The third-order valence-electron chi connectivity index (χ3n) is 2.49. The normalized spacial score (nSPS) is 13.6. The van der Waals surface area contributed by atoms with Crippen molar-refractivity contribution in [3.05, 3.63) is 35.4 Å². The van der Waals surface area contributed by atoms with Gasteiger partial charge in [-0.2, -0.15) is 9.78 Å². The van der Waals surface area contributed by atoms with Crippen LogP contribution in [0.25, 0.3) is 0 Å². The number of hydrogen-bond acceptors (Lipinski definition) is 4. The van der Waals surface area contributed by atoms with Crippen molar-refractivity contribution in [2.24, 2.45) is 5.10 Å². The Morgan fingerprint density at radius 1 is 1.39 bits per heavy atom. The van der Waals surface area contributed by atoms with Crippen LogP contribution in [0, 0.1) is 6.92 Å². The van der Waals surface area contributed by atoms with Gasteiger partial charge in [0.25, 0.3) is 0 Å². The summed E-state index contributed by atoms with van der Waals surface area (Å²) in [5, 5.41) is 12.5. The zero-order chi connectivity index (χ0) is 13.5. The summed E-state index contributed by atoms with van der Waals surface area (Å²) >= 11 is 0. The Balaban J connectivity index is 3.04. The van der Waals surface area contributed by atoms with E-state index in [0.29, 0.717) is 12.4 Å². The van der Waals surface area contributed by atoms with Crippen molar-refractivity contribution in [1.29, 1.82) is 0 Å². The summed E-state index contributed by atoms with van der Waals surface area (Å²) in [6.07, 6.45) is 6.00. The molecule has 1 aromatic rings. The number of nitrogens with zero attached hydrogens (tertiary/aromatic N) is 4. The Morgan fingerprint density at radius 3 is 2.72 bits per heavy atom. The van der Waals surface area contributed by atoms with Crippen molar-refractivity contribution in [3.8, 4) is 0 Å². The van der Waals surface area contributed by atoms with Gasteiger partial charge in [0.2, 0.25) is 0 Å². The summed E-state index contributed by atoms with van der Waals surface area (Å²) in [5.74, 6) is 1.45. The zero-order valence-corrected chi connectivity index (χ0v) is 11.6. The van der Waals surface area contributed by atoms with Crippen LogP contribution < -0.4 is 0 Å². The van der Waals surface area contributed by atoms with Crippen LogP contribution in [0.1, 0.15) is 32.4 Å². The molecule has 5 nitrogen and oxygen atoms in total. The molecule has 0 aliphatic heterocycles. The molecule has 0 amide bonds. The molecule has 1 heterocycles. The van der Waals surface area contributed by atoms with Crippen LogP contribution >= 0.6 is 0 Å². The summed E-state index contributed by atoms with van der Waals surface area (Å²) in [6, 6.07) is 0. The number of hydrogen-bond donors (Lipinski definition) is 0. The second kappa shape index (κ2) is 6.86. The summed E-state index contributed by atoms with van der Waals surface area (Å²) in [4.78, 5) is 0. The van der Waals surface area contributed by atoms with Gasteiger partial charge in [-0.25, -0.2) is 0 Å². The third kappa shape index (κ3) is 3.63. The molecule has 5 heteroatoms. The van der Waals surface area contributed by atoms with E-state index in [1.54, 1.807) is 11.8 Å². The maximum atomic E-state index is 5.07. The summed E-state index contributed by atoms with van der Waals surface area (Å²) < 4.78 is 6.78. The Kier molecular flexibility index (Phi) is 5.45. The smallest absolute Gasteiger partial charge is 0.180 e. The Hall–Kier alpha value is -1.75. The molecule has 0 saturated carbocycles. The highest BCUT2D eigenvalue weighted by Gasteiger charge is 2.08. The molecule has 0 aromatic carbocycles. The molecule has 0 fully saturated rings. The molecule has 0 radical (unpaired) electrons. The highest BCUT2D eigenvalue weighted by Crippen LogP contribution is 2.05. The number of rotatable bonds is 5. The average Bonchev–Trinajstić information content (AvgIpc) is 2.69. The summed E-state index contributed by atoms with van der Waals surface area (Å²) in [6.45, 7) is 8.24. The van der Waals surface area contributed by atoms with Crippen molar-refractivity contribution in [3.63, 3.8) is 0 Å². The van der Waals surface area contributed by atoms with Crippen LogP contribution in [0.5, 0.6) is 0 Å². The van der Waals surface area contributed by atoms with E-state index in [9.17, 15) is 0 Å². The van der Waals surface area contributed by atoms with E-state index in [0.717, 1.165) is 17.1 Å². The monoisotopic (exact) mass is 248 g/mol. The Morgan fingerprint density at radius 2 is 2.11 bits per heavy atom. The van der Waals surface area contributed by atoms with Gasteiger partial charge in [-0.05, 0) is 33.3 Å². The van der Waals surface area contributed by atoms with E-state index in [1.165, 1.54) is 0 Å². The molecule has 0 bridgehead atoms. The highest BCUT2D eigenvalue weighted by molar-refractivity contribution is 5.97. The number of aromatic nitrogens is 3. The van der Waals surface area contributed by atoms with Crippen LogP contribution in [0.2, 0.25) is 0 Å². The minimum Gasteiger partial charge on any atom is -0.377 e. The van der Waals surface area contributed by atoms with Gasteiger partial charge in [0, 0.05) is 7.11 Å². The maximum absolute atomic E-state index is 5.07. The lowest BCUT2D eigenvalue weighted by Crippen LogP contribution is -2.05. The van der Waals surface area contributed by atoms with Crippen molar-refractivity contribution >= 4 is 5.71 Å². The SMILES string of the molecule is CC=CC=C(C)C(C)=Nn1c(C)nnc1COC. The van der Waals surface area contributed by atoms with E-state index >= 15 is 0 Å². The van der Waals surface area contributed by atoms with Gasteiger partial charge in [0.15, 0.2) is 11.6 Å². The molecule has 0 unspecified atom stereocenters. The molecule has 0 N–H and O–H groups in total. The molecule has 18 heavy (non-hydrogen) atoms. The lowest BCUT2D eigenvalue weighted by Gasteiger charge is -2.04. The fourth-order valence-corrected chi connectivity index (χ4v) is 1.34.